The van der Waals surface area contributed by atoms with E-state index in [1.807, 2.05) is 48.5 Å². The molecule has 5 nitrogen and oxygen atoms in total. The smallest absolute Gasteiger partial charge is 0.167 e. The summed E-state index contributed by atoms with van der Waals surface area (Å²) in [4.78, 5) is 9.25. The van der Waals surface area contributed by atoms with Crippen LogP contribution >= 0.6 is 15.9 Å². The number of fused-ring (bicyclic) bond motifs is 2. The lowest BCUT2D eigenvalue weighted by Gasteiger charge is -2.07. The van der Waals surface area contributed by atoms with Crippen LogP contribution in [0.2, 0.25) is 0 Å². The fourth-order valence-corrected chi connectivity index (χ4v) is 3.04. The van der Waals surface area contributed by atoms with E-state index >= 15 is 0 Å². The first kappa shape index (κ1) is 13.7. The van der Waals surface area contributed by atoms with Gasteiger partial charge in [0.15, 0.2) is 5.65 Å². The van der Waals surface area contributed by atoms with Gasteiger partial charge in [0.2, 0.25) is 0 Å². The molecule has 0 saturated heterocycles. The molecular weight excluding hydrogens is 354 g/mol. The highest BCUT2D eigenvalue weighted by atomic mass is 79.9. The first-order valence-corrected chi connectivity index (χ1v) is 7.71. The minimum atomic E-state index is 0.343. The van der Waals surface area contributed by atoms with Gasteiger partial charge >= 0.3 is 0 Å². The zero-order valence-electron chi connectivity index (χ0n) is 11.9. The minimum Gasteiger partial charge on any atom is -0.384 e. The van der Waals surface area contributed by atoms with Gasteiger partial charge in [-0.2, -0.15) is 5.26 Å². The van der Waals surface area contributed by atoms with E-state index in [-0.39, 0.29) is 0 Å². The van der Waals surface area contributed by atoms with Crippen molar-refractivity contribution < 1.29 is 0 Å². The largest absolute Gasteiger partial charge is 0.384 e. The Balaban J connectivity index is 2.17. The van der Waals surface area contributed by atoms with Crippen molar-refractivity contribution in [1.82, 2.24) is 14.5 Å². The first-order valence-electron chi connectivity index (χ1n) is 6.92. The van der Waals surface area contributed by atoms with E-state index in [0.717, 1.165) is 21.2 Å². The monoisotopic (exact) mass is 363 g/mol. The van der Waals surface area contributed by atoms with Crippen molar-refractivity contribution >= 4 is 43.9 Å². The van der Waals surface area contributed by atoms with Gasteiger partial charge in [0.05, 0.1) is 16.7 Å². The summed E-state index contributed by atoms with van der Waals surface area (Å²) in [6.07, 6.45) is 0. The standard InChI is InChI=1S/C17H10BrN5/c18-10-4-3-5-11(8-10)23-16(20)12(9-19)15-17(23)22-14-7-2-1-6-13(14)21-15/h1-8H,20H2. The van der Waals surface area contributed by atoms with E-state index in [1.165, 1.54) is 0 Å². The molecule has 0 amide bonds. The van der Waals surface area contributed by atoms with Gasteiger partial charge in [0, 0.05) is 4.47 Å². The fourth-order valence-electron chi connectivity index (χ4n) is 2.65. The molecule has 0 aliphatic rings. The number of nitrogens with two attached hydrogens (primary N) is 1. The third-order valence-electron chi connectivity index (χ3n) is 3.68. The van der Waals surface area contributed by atoms with Gasteiger partial charge in [0.25, 0.3) is 0 Å². The van der Waals surface area contributed by atoms with E-state index in [9.17, 15) is 5.26 Å². The molecule has 23 heavy (non-hydrogen) atoms. The molecule has 2 aromatic heterocycles. The number of para-hydroxylation sites is 2. The van der Waals surface area contributed by atoms with Crippen molar-refractivity contribution in [1.29, 1.82) is 5.26 Å². The molecule has 4 rings (SSSR count). The topological polar surface area (TPSA) is 80.5 Å². The second-order valence-corrected chi connectivity index (χ2v) is 5.99. The van der Waals surface area contributed by atoms with Gasteiger partial charge in [-0.3, -0.25) is 4.57 Å². The minimum absolute atomic E-state index is 0.343. The van der Waals surface area contributed by atoms with Gasteiger partial charge < -0.3 is 5.73 Å². The summed E-state index contributed by atoms with van der Waals surface area (Å²) in [5.74, 6) is 0.343. The van der Waals surface area contributed by atoms with E-state index in [0.29, 0.717) is 22.5 Å². The number of rotatable bonds is 1. The molecule has 0 saturated carbocycles. The summed E-state index contributed by atoms with van der Waals surface area (Å²) in [6, 6.07) is 17.4. The molecule has 0 aliphatic carbocycles. The van der Waals surface area contributed by atoms with Gasteiger partial charge in [-0.25, -0.2) is 9.97 Å². The molecule has 4 aromatic rings. The normalized spacial score (nSPS) is 11.0. The average molecular weight is 364 g/mol. The number of nitrogen functional groups attached to an aromatic ring is 1. The van der Waals surface area contributed by atoms with Crippen LogP contribution in [0.3, 0.4) is 0 Å². The van der Waals surface area contributed by atoms with Crippen molar-refractivity contribution in [2.45, 2.75) is 0 Å². The molecule has 0 aliphatic heterocycles. The Labute approximate surface area is 140 Å². The van der Waals surface area contributed by atoms with Crippen LogP contribution < -0.4 is 5.73 Å². The molecule has 2 heterocycles. The van der Waals surface area contributed by atoms with E-state index in [4.69, 9.17) is 5.73 Å². The highest BCUT2D eigenvalue weighted by molar-refractivity contribution is 9.10. The van der Waals surface area contributed by atoms with Crippen molar-refractivity contribution in [2.75, 3.05) is 5.73 Å². The van der Waals surface area contributed by atoms with Gasteiger partial charge in [0.1, 0.15) is 23.0 Å². The molecule has 6 heteroatoms. The number of benzene rings is 2. The Morgan fingerprint density at radius 3 is 2.48 bits per heavy atom. The highest BCUT2D eigenvalue weighted by Gasteiger charge is 2.19. The molecular formula is C17H10BrN5. The maximum absolute atomic E-state index is 9.48. The lowest BCUT2D eigenvalue weighted by atomic mass is 10.2. The van der Waals surface area contributed by atoms with Crippen LogP contribution in [-0.2, 0) is 0 Å². The van der Waals surface area contributed by atoms with Crippen LogP contribution in [0.15, 0.2) is 53.0 Å². The van der Waals surface area contributed by atoms with Crippen LogP contribution in [-0.4, -0.2) is 14.5 Å². The number of nitriles is 1. The number of anilines is 1. The Morgan fingerprint density at radius 1 is 1.04 bits per heavy atom. The second-order valence-electron chi connectivity index (χ2n) is 5.07. The molecule has 2 aromatic carbocycles. The third kappa shape index (κ3) is 2.05. The maximum atomic E-state index is 9.48. The zero-order chi connectivity index (χ0) is 16.0. The molecule has 0 bridgehead atoms. The van der Waals surface area contributed by atoms with Crippen LogP contribution in [0.1, 0.15) is 5.56 Å². The average Bonchev–Trinajstić information content (AvgIpc) is 2.83. The quantitative estimate of drug-likeness (QED) is 0.557. The fraction of sp³-hybridized carbons (Fsp3) is 0. The zero-order valence-corrected chi connectivity index (χ0v) is 13.4. The number of aromatic nitrogens is 3. The molecule has 0 radical (unpaired) electrons. The Bertz CT molecular complexity index is 1110. The Morgan fingerprint density at radius 2 is 1.78 bits per heavy atom. The number of hydrogen-bond acceptors (Lipinski definition) is 4. The third-order valence-corrected chi connectivity index (χ3v) is 4.17. The molecule has 0 unspecified atom stereocenters. The van der Waals surface area contributed by atoms with Crippen LogP contribution in [0, 0.1) is 11.3 Å². The van der Waals surface area contributed by atoms with Gasteiger partial charge in [-0.05, 0) is 30.3 Å². The maximum Gasteiger partial charge on any atom is 0.167 e. The summed E-state index contributed by atoms with van der Waals surface area (Å²) in [6.45, 7) is 0. The van der Waals surface area contributed by atoms with Crippen LogP contribution in [0.5, 0.6) is 0 Å². The molecule has 0 spiro atoms. The summed E-state index contributed by atoms with van der Waals surface area (Å²) in [5.41, 5.74) is 9.99. The van der Waals surface area contributed by atoms with Gasteiger partial charge in [-0.15, -0.1) is 0 Å². The lowest BCUT2D eigenvalue weighted by molar-refractivity contribution is 1.10. The van der Waals surface area contributed by atoms with Crippen LogP contribution in [0.25, 0.3) is 27.9 Å². The molecule has 2 N–H and O–H groups in total. The SMILES string of the molecule is N#Cc1c(N)n(-c2cccc(Br)c2)c2nc3ccccc3nc12. The summed E-state index contributed by atoms with van der Waals surface area (Å²) in [7, 11) is 0. The number of hydrogen-bond donors (Lipinski definition) is 1. The first-order chi connectivity index (χ1) is 11.2. The second kappa shape index (κ2) is 5.07. The lowest BCUT2D eigenvalue weighted by Crippen LogP contribution is -2.01. The molecule has 110 valence electrons. The highest BCUT2D eigenvalue weighted by Crippen LogP contribution is 2.30. The number of nitrogens with zero attached hydrogens (tertiary/aromatic N) is 4. The summed E-state index contributed by atoms with van der Waals surface area (Å²) in [5, 5.41) is 9.48. The Hall–Kier alpha value is -2.91. The van der Waals surface area contributed by atoms with E-state index in [2.05, 4.69) is 32.0 Å². The molecule has 0 fully saturated rings. The van der Waals surface area contributed by atoms with Crippen molar-refractivity contribution in [3.8, 4) is 11.8 Å². The van der Waals surface area contributed by atoms with Crippen molar-refractivity contribution in [3.05, 3.63) is 58.6 Å². The van der Waals surface area contributed by atoms with Crippen molar-refractivity contribution in [2.24, 2.45) is 0 Å². The van der Waals surface area contributed by atoms with E-state index < -0.39 is 0 Å². The van der Waals surface area contributed by atoms with Crippen molar-refractivity contribution in [3.63, 3.8) is 0 Å². The molecule has 0 atom stereocenters. The predicted molar refractivity (Wildman–Crippen MR) is 93.2 cm³/mol. The number of halogens is 1. The van der Waals surface area contributed by atoms with E-state index in [1.54, 1.807) is 4.57 Å². The summed E-state index contributed by atoms with van der Waals surface area (Å²) >= 11 is 3.46. The van der Waals surface area contributed by atoms with Crippen LogP contribution in [0.4, 0.5) is 5.82 Å². The summed E-state index contributed by atoms with van der Waals surface area (Å²) < 4.78 is 2.68. The Kier molecular flexibility index (Phi) is 3.03. The predicted octanol–water partition coefficient (Wildman–Crippen LogP) is 3.79. The van der Waals surface area contributed by atoms with Gasteiger partial charge in [-0.1, -0.05) is 34.1 Å².